The van der Waals surface area contributed by atoms with Crippen molar-refractivity contribution in [3.05, 3.63) is 48.4 Å². The van der Waals surface area contributed by atoms with E-state index in [4.69, 9.17) is 4.74 Å². The first-order valence-electron chi connectivity index (χ1n) is 13.5. The van der Waals surface area contributed by atoms with Crippen LogP contribution in [0.5, 0.6) is 5.75 Å². The highest BCUT2D eigenvalue weighted by molar-refractivity contribution is 6.09. The topological polar surface area (TPSA) is 68.5 Å². The van der Waals surface area contributed by atoms with Gasteiger partial charge in [0.25, 0.3) is 5.91 Å². The van der Waals surface area contributed by atoms with Crippen molar-refractivity contribution in [2.45, 2.75) is 88.9 Å². The fraction of sp³-hybridized carbons (Fsp3) is 0.517. The molecule has 1 aromatic carbocycles. The SMILES string of the molecule is COc1ccc2c(c1)c(-n1cccc1)c1n2C[C@@](C)(C(=O)NC2CCCCC2)N(C2CCCC2)C1=O. The lowest BCUT2D eigenvalue weighted by Crippen LogP contribution is -2.67. The maximum Gasteiger partial charge on any atom is 0.273 e. The zero-order chi connectivity index (χ0) is 24.9. The molecule has 6 rings (SSSR count). The summed E-state index contributed by atoms with van der Waals surface area (Å²) in [5, 5.41) is 4.32. The van der Waals surface area contributed by atoms with E-state index in [9.17, 15) is 9.59 Å². The summed E-state index contributed by atoms with van der Waals surface area (Å²) < 4.78 is 9.64. The minimum absolute atomic E-state index is 0.0156. The second-order valence-corrected chi connectivity index (χ2v) is 11.0. The lowest BCUT2D eigenvalue weighted by atomic mass is 9.89. The van der Waals surface area contributed by atoms with Crippen LogP contribution in [0.25, 0.3) is 16.6 Å². The maximum absolute atomic E-state index is 14.5. The standard InChI is InChI=1S/C29H36N4O3/c1-29(28(35)30-20-10-4-3-5-11-20)19-32-24-15-14-22(36-2)18-23(24)25(31-16-8-9-17-31)26(32)27(34)33(29)21-12-6-7-13-21/h8-9,14-18,20-21H,3-7,10-13,19H2,1-2H3,(H,30,35)/t29-/m0/s1. The zero-order valence-corrected chi connectivity index (χ0v) is 21.3. The Morgan fingerprint density at radius 2 is 1.72 bits per heavy atom. The summed E-state index contributed by atoms with van der Waals surface area (Å²) in [6, 6.07) is 10.2. The molecule has 2 aromatic heterocycles. The van der Waals surface area contributed by atoms with E-state index >= 15 is 0 Å². The molecule has 1 atom stereocenters. The number of aromatic nitrogens is 2. The zero-order valence-electron chi connectivity index (χ0n) is 21.3. The van der Waals surface area contributed by atoms with Crippen LogP contribution in [0.15, 0.2) is 42.7 Å². The number of methoxy groups -OCH3 is 1. The fourth-order valence-corrected chi connectivity index (χ4v) is 6.79. The van der Waals surface area contributed by atoms with E-state index < -0.39 is 5.54 Å². The number of carbonyl (C=O) groups is 2. The van der Waals surface area contributed by atoms with Gasteiger partial charge in [-0.25, -0.2) is 0 Å². The van der Waals surface area contributed by atoms with Gasteiger partial charge in [-0.2, -0.15) is 0 Å². The van der Waals surface area contributed by atoms with Gasteiger partial charge in [0.1, 0.15) is 17.0 Å². The van der Waals surface area contributed by atoms with Gasteiger partial charge in [0.15, 0.2) is 0 Å². The minimum Gasteiger partial charge on any atom is -0.497 e. The molecule has 3 aromatic rings. The molecule has 0 bridgehead atoms. The number of nitrogens with zero attached hydrogens (tertiary/aromatic N) is 3. The van der Waals surface area contributed by atoms with Crippen LogP contribution in [0.3, 0.4) is 0 Å². The number of amides is 2. The van der Waals surface area contributed by atoms with Gasteiger partial charge >= 0.3 is 0 Å². The predicted octanol–water partition coefficient (Wildman–Crippen LogP) is 5.05. The quantitative estimate of drug-likeness (QED) is 0.547. The van der Waals surface area contributed by atoms with Crippen LogP contribution in [0.1, 0.15) is 75.2 Å². The number of carbonyl (C=O) groups excluding carboxylic acids is 2. The first kappa shape index (κ1) is 23.2. The van der Waals surface area contributed by atoms with Crippen LogP contribution in [0.4, 0.5) is 0 Å². The van der Waals surface area contributed by atoms with Gasteiger partial charge in [0.05, 0.1) is 24.9 Å². The third-order valence-corrected chi connectivity index (χ3v) is 8.64. The Balaban J connectivity index is 1.51. The van der Waals surface area contributed by atoms with Gasteiger partial charge in [-0.3, -0.25) is 9.59 Å². The van der Waals surface area contributed by atoms with Crippen LogP contribution >= 0.6 is 0 Å². The molecular formula is C29H36N4O3. The molecule has 1 aliphatic heterocycles. The molecule has 2 aliphatic carbocycles. The number of hydrogen-bond donors (Lipinski definition) is 1. The Bertz CT molecular complexity index is 1280. The minimum atomic E-state index is -0.948. The van der Waals surface area contributed by atoms with Gasteiger partial charge in [0, 0.05) is 29.9 Å². The van der Waals surface area contributed by atoms with E-state index in [0.717, 1.165) is 73.7 Å². The summed E-state index contributed by atoms with van der Waals surface area (Å²) in [5.41, 5.74) is 1.52. The highest BCUT2D eigenvalue weighted by Crippen LogP contribution is 2.42. The summed E-state index contributed by atoms with van der Waals surface area (Å²) in [6.07, 6.45) is 13.6. The van der Waals surface area contributed by atoms with Crippen molar-refractivity contribution in [2.24, 2.45) is 0 Å². The van der Waals surface area contributed by atoms with Gasteiger partial charge in [-0.15, -0.1) is 0 Å². The van der Waals surface area contributed by atoms with E-state index in [-0.39, 0.29) is 23.9 Å². The van der Waals surface area contributed by atoms with Crippen molar-refractivity contribution < 1.29 is 14.3 Å². The molecule has 2 saturated carbocycles. The lowest BCUT2D eigenvalue weighted by Gasteiger charge is -2.48. The number of nitrogens with one attached hydrogen (secondary N) is 1. The van der Waals surface area contributed by atoms with Crippen LogP contribution in [-0.4, -0.2) is 50.6 Å². The molecular weight excluding hydrogens is 452 g/mol. The summed E-state index contributed by atoms with van der Waals surface area (Å²) in [4.78, 5) is 30.5. The van der Waals surface area contributed by atoms with E-state index in [1.807, 2.05) is 59.1 Å². The number of benzene rings is 1. The Labute approximate surface area is 212 Å². The summed E-state index contributed by atoms with van der Waals surface area (Å²) in [7, 11) is 1.66. The highest BCUT2D eigenvalue weighted by Gasteiger charge is 2.52. The van der Waals surface area contributed by atoms with E-state index in [1.54, 1.807) is 7.11 Å². The summed E-state index contributed by atoms with van der Waals surface area (Å²) >= 11 is 0. The molecule has 3 aliphatic rings. The third kappa shape index (κ3) is 3.62. The monoisotopic (exact) mass is 488 g/mol. The van der Waals surface area contributed by atoms with Crippen molar-refractivity contribution in [1.82, 2.24) is 19.4 Å². The van der Waals surface area contributed by atoms with Crippen LogP contribution < -0.4 is 10.1 Å². The molecule has 36 heavy (non-hydrogen) atoms. The molecule has 7 nitrogen and oxygen atoms in total. The van der Waals surface area contributed by atoms with Crippen molar-refractivity contribution in [2.75, 3.05) is 7.11 Å². The number of hydrogen-bond acceptors (Lipinski definition) is 3. The van der Waals surface area contributed by atoms with Gasteiger partial charge in [0.2, 0.25) is 5.91 Å². The average molecular weight is 489 g/mol. The Hall–Kier alpha value is -3.22. The Morgan fingerprint density at radius 3 is 2.42 bits per heavy atom. The fourth-order valence-electron chi connectivity index (χ4n) is 6.79. The molecule has 7 heteroatoms. The molecule has 0 unspecified atom stereocenters. The van der Waals surface area contributed by atoms with E-state index in [1.165, 1.54) is 6.42 Å². The normalized spacial score (nSPS) is 23.3. The maximum atomic E-state index is 14.5. The second-order valence-electron chi connectivity index (χ2n) is 11.0. The van der Waals surface area contributed by atoms with Gasteiger partial charge in [-0.05, 0) is 62.9 Å². The van der Waals surface area contributed by atoms with Crippen molar-refractivity contribution in [3.63, 3.8) is 0 Å². The van der Waals surface area contributed by atoms with Crippen LogP contribution in [0.2, 0.25) is 0 Å². The molecule has 0 radical (unpaired) electrons. The van der Waals surface area contributed by atoms with Gasteiger partial charge in [-0.1, -0.05) is 32.1 Å². The van der Waals surface area contributed by atoms with Crippen molar-refractivity contribution >= 4 is 22.7 Å². The molecule has 3 heterocycles. The first-order valence-corrected chi connectivity index (χ1v) is 13.5. The van der Waals surface area contributed by atoms with Crippen molar-refractivity contribution in [3.8, 4) is 11.4 Å². The molecule has 1 N–H and O–H groups in total. The molecule has 0 saturated heterocycles. The van der Waals surface area contributed by atoms with Gasteiger partial charge < -0.3 is 24.1 Å². The first-order chi connectivity index (χ1) is 17.5. The number of ether oxygens (including phenoxy) is 1. The summed E-state index contributed by atoms with van der Waals surface area (Å²) in [6.45, 7) is 2.42. The predicted molar refractivity (Wildman–Crippen MR) is 140 cm³/mol. The van der Waals surface area contributed by atoms with Crippen LogP contribution in [-0.2, 0) is 11.3 Å². The number of rotatable bonds is 5. The molecule has 2 amide bonds. The summed E-state index contributed by atoms with van der Waals surface area (Å²) in [5.74, 6) is 0.684. The number of fused-ring (bicyclic) bond motifs is 3. The molecule has 190 valence electrons. The van der Waals surface area contributed by atoms with E-state index in [2.05, 4.69) is 9.88 Å². The largest absolute Gasteiger partial charge is 0.497 e. The highest BCUT2D eigenvalue weighted by atomic mass is 16.5. The van der Waals surface area contributed by atoms with Crippen LogP contribution in [0, 0.1) is 0 Å². The smallest absolute Gasteiger partial charge is 0.273 e. The third-order valence-electron chi connectivity index (χ3n) is 8.64. The van der Waals surface area contributed by atoms with E-state index in [0.29, 0.717) is 12.2 Å². The molecule has 2 fully saturated rings. The van der Waals surface area contributed by atoms with Crippen molar-refractivity contribution in [1.29, 1.82) is 0 Å². The Morgan fingerprint density at radius 1 is 1.03 bits per heavy atom. The Kier molecular flexibility index (Phi) is 5.81. The lowest BCUT2D eigenvalue weighted by molar-refractivity contribution is -0.135. The average Bonchev–Trinajstić information content (AvgIpc) is 3.65. The second kappa shape index (κ2) is 9.02. The molecule has 0 spiro atoms.